The lowest BCUT2D eigenvalue weighted by Crippen LogP contribution is -2.50. The molecule has 1 N–H and O–H groups in total. The van der Waals surface area contributed by atoms with Crippen molar-refractivity contribution in [2.75, 3.05) is 27.4 Å². The highest BCUT2D eigenvalue weighted by Crippen LogP contribution is 2.26. The Morgan fingerprint density at radius 1 is 1.00 bits per heavy atom. The Hall–Kier alpha value is -3.22. The summed E-state index contributed by atoms with van der Waals surface area (Å²) in [5.74, 6) is 1.23. The molecular weight excluding hydrogens is 384 g/mol. The van der Waals surface area contributed by atoms with Crippen molar-refractivity contribution in [1.82, 2.24) is 10.2 Å². The average Bonchev–Trinajstić information content (AvgIpc) is 2.77. The number of hydrogen-bond acceptors (Lipinski definition) is 5. The molecule has 0 aliphatic rings. The van der Waals surface area contributed by atoms with E-state index in [0.717, 1.165) is 5.56 Å². The number of rotatable bonds is 11. The van der Waals surface area contributed by atoms with E-state index in [1.165, 1.54) is 0 Å². The van der Waals surface area contributed by atoms with Crippen LogP contribution in [0.5, 0.6) is 17.2 Å². The van der Waals surface area contributed by atoms with Gasteiger partial charge in [-0.3, -0.25) is 9.59 Å². The molecule has 7 nitrogen and oxygen atoms in total. The van der Waals surface area contributed by atoms with Crippen LogP contribution in [0.4, 0.5) is 0 Å². The van der Waals surface area contributed by atoms with E-state index in [1.807, 2.05) is 44.2 Å². The van der Waals surface area contributed by atoms with Gasteiger partial charge in [0.1, 0.15) is 11.8 Å². The van der Waals surface area contributed by atoms with Crippen LogP contribution in [-0.2, 0) is 16.1 Å². The second-order valence-electron chi connectivity index (χ2n) is 6.63. The molecule has 0 aliphatic carbocycles. The molecule has 2 rings (SSSR count). The Morgan fingerprint density at radius 2 is 1.73 bits per heavy atom. The maximum absolute atomic E-state index is 13.1. The van der Waals surface area contributed by atoms with Gasteiger partial charge < -0.3 is 24.4 Å². The molecule has 0 saturated heterocycles. The number of carbonyl (C=O) groups excluding carboxylic acids is 2. The molecule has 2 amide bonds. The molecule has 0 unspecified atom stereocenters. The molecule has 0 spiro atoms. The SMILES string of the molecule is CCNC(=O)[C@H](CC)N(Cc1cccc(OC)c1)C(=O)COc1ccccc1OC. The molecule has 2 aromatic rings. The summed E-state index contributed by atoms with van der Waals surface area (Å²) in [6.45, 7) is 4.28. The third-order valence-electron chi connectivity index (χ3n) is 4.64. The van der Waals surface area contributed by atoms with Gasteiger partial charge in [0.2, 0.25) is 5.91 Å². The van der Waals surface area contributed by atoms with Crippen LogP contribution in [0.3, 0.4) is 0 Å². The second kappa shape index (κ2) is 11.7. The van der Waals surface area contributed by atoms with E-state index in [9.17, 15) is 9.59 Å². The van der Waals surface area contributed by atoms with Crippen LogP contribution in [0, 0.1) is 0 Å². The van der Waals surface area contributed by atoms with E-state index in [0.29, 0.717) is 30.2 Å². The van der Waals surface area contributed by atoms with Gasteiger partial charge in [0.25, 0.3) is 5.91 Å². The monoisotopic (exact) mass is 414 g/mol. The number of benzene rings is 2. The number of amides is 2. The van der Waals surface area contributed by atoms with Crippen molar-refractivity contribution in [2.24, 2.45) is 0 Å². The minimum atomic E-state index is -0.607. The van der Waals surface area contributed by atoms with Crippen molar-refractivity contribution in [3.63, 3.8) is 0 Å². The summed E-state index contributed by atoms with van der Waals surface area (Å²) in [7, 11) is 3.13. The van der Waals surface area contributed by atoms with E-state index in [4.69, 9.17) is 14.2 Å². The zero-order valence-electron chi connectivity index (χ0n) is 18.0. The zero-order chi connectivity index (χ0) is 21.9. The molecule has 2 aromatic carbocycles. The molecule has 0 bridgehead atoms. The molecule has 30 heavy (non-hydrogen) atoms. The highest BCUT2D eigenvalue weighted by Gasteiger charge is 2.28. The van der Waals surface area contributed by atoms with Crippen LogP contribution in [0.15, 0.2) is 48.5 Å². The summed E-state index contributed by atoms with van der Waals surface area (Å²) in [6.07, 6.45) is 0.482. The number of likely N-dealkylation sites (N-methyl/N-ethyl adjacent to an activating group) is 1. The van der Waals surface area contributed by atoms with Crippen LogP contribution in [-0.4, -0.2) is 50.1 Å². The Labute approximate surface area is 177 Å². The summed E-state index contributed by atoms with van der Waals surface area (Å²) in [6, 6.07) is 14.0. The van der Waals surface area contributed by atoms with Gasteiger partial charge in [-0.1, -0.05) is 31.2 Å². The molecule has 162 valence electrons. The van der Waals surface area contributed by atoms with E-state index in [1.54, 1.807) is 37.3 Å². The normalized spacial score (nSPS) is 11.3. The number of carbonyl (C=O) groups is 2. The third-order valence-corrected chi connectivity index (χ3v) is 4.64. The Kier molecular flexibility index (Phi) is 9.00. The first-order valence-corrected chi connectivity index (χ1v) is 9.99. The lowest BCUT2D eigenvalue weighted by molar-refractivity contribution is -0.142. The van der Waals surface area contributed by atoms with Gasteiger partial charge in [-0.05, 0) is 43.2 Å². The second-order valence-corrected chi connectivity index (χ2v) is 6.63. The number of para-hydroxylation sites is 2. The average molecular weight is 415 g/mol. The Bertz CT molecular complexity index is 840. The number of nitrogens with zero attached hydrogens (tertiary/aromatic N) is 1. The summed E-state index contributed by atoms with van der Waals surface area (Å²) in [4.78, 5) is 27.3. The van der Waals surface area contributed by atoms with Gasteiger partial charge in [-0.15, -0.1) is 0 Å². The van der Waals surface area contributed by atoms with Crippen LogP contribution < -0.4 is 19.5 Å². The summed E-state index contributed by atoms with van der Waals surface area (Å²) in [5, 5.41) is 2.81. The molecule has 1 atom stereocenters. The van der Waals surface area contributed by atoms with Crippen molar-refractivity contribution in [3.05, 3.63) is 54.1 Å². The highest BCUT2D eigenvalue weighted by molar-refractivity contribution is 5.88. The van der Waals surface area contributed by atoms with Crippen LogP contribution in [0.1, 0.15) is 25.8 Å². The number of nitrogens with one attached hydrogen (secondary N) is 1. The topological polar surface area (TPSA) is 77.1 Å². The summed E-state index contributed by atoms with van der Waals surface area (Å²) < 4.78 is 16.3. The van der Waals surface area contributed by atoms with Crippen molar-refractivity contribution in [2.45, 2.75) is 32.9 Å². The van der Waals surface area contributed by atoms with E-state index < -0.39 is 6.04 Å². The van der Waals surface area contributed by atoms with Crippen LogP contribution in [0.25, 0.3) is 0 Å². The molecule has 7 heteroatoms. The van der Waals surface area contributed by atoms with Gasteiger partial charge in [0.15, 0.2) is 18.1 Å². The van der Waals surface area contributed by atoms with Gasteiger partial charge in [0.05, 0.1) is 14.2 Å². The fraction of sp³-hybridized carbons (Fsp3) is 0.391. The van der Waals surface area contributed by atoms with Crippen molar-refractivity contribution in [1.29, 1.82) is 0 Å². The number of ether oxygens (including phenoxy) is 3. The fourth-order valence-corrected chi connectivity index (χ4v) is 3.14. The molecule has 0 heterocycles. The van der Waals surface area contributed by atoms with Crippen molar-refractivity contribution >= 4 is 11.8 Å². The summed E-state index contributed by atoms with van der Waals surface area (Å²) >= 11 is 0. The first-order chi connectivity index (χ1) is 14.5. The summed E-state index contributed by atoms with van der Waals surface area (Å²) in [5.41, 5.74) is 0.864. The molecule has 0 saturated carbocycles. The van der Waals surface area contributed by atoms with Gasteiger partial charge in [-0.25, -0.2) is 0 Å². The van der Waals surface area contributed by atoms with Gasteiger partial charge >= 0.3 is 0 Å². The largest absolute Gasteiger partial charge is 0.497 e. The first-order valence-electron chi connectivity index (χ1n) is 9.99. The third kappa shape index (κ3) is 6.14. The van der Waals surface area contributed by atoms with Crippen LogP contribution >= 0.6 is 0 Å². The quantitative estimate of drug-likeness (QED) is 0.612. The lowest BCUT2D eigenvalue weighted by Gasteiger charge is -2.30. The fourth-order valence-electron chi connectivity index (χ4n) is 3.14. The molecular formula is C23H30N2O5. The maximum Gasteiger partial charge on any atom is 0.261 e. The number of methoxy groups -OCH3 is 2. The van der Waals surface area contributed by atoms with Crippen LogP contribution in [0.2, 0.25) is 0 Å². The Balaban J connectivity index is 2.24. The lowest BCUT2D eigenvalue weighted by atomic mass is 10.1. The first kappa shape index (κ1) is 23.1. The molecule has 0 fully saturated rings. The van der Waals surface area contributed by atoms with Crippen molar-refractivity contribution in [3.8, 4) is 17.2 Å². The minimum Gasteiger partial charge on any atom is -0.497 e. The van der Waals surface area contributed by atoms with Crippen molar-refractivity contribution < 1.29 is 23.8 Å². The molecule has 0 aromatic heterocycles. The molecule has 0 aliphatic heterocycles. The zero-order valence-corrected chi connectivity index (χ0v) is 18.0. The predicted octanol–water partition coefficient (Wildman–Crippen LogP) is 3.03. The molecule has 0 radical (unpaired) electrons. The highest BCUT2D eigenvalue weighted by atomic mass is 16.5. The smallest absolute Gasteiger partial charge is 0.261 e. The Morgan fingerprint density at radius 3 is 2.37 bits per heavy atom. The standard InChI is InChI=1S/C23H30N2O5/c1-5-19(23(27)24-6-2)25(15-17-10-9-11-18(14-17)28-3)22(26)16-30-21-13-8-7-12-20(21)29-4/h7-14,19H,5-6,15-16H2,1-4H3,(H,24,27)/t19-/m0/s1. The van der Waals surface area contributed by atoms with E-state index in [-0.39, 0.29) is 25.0 Å². The van der Waals surface area contributed by atoms with E-state index in [2.05, 4.69) is 5.32 Å². The van der Waals surface area contributed by atoms with Gasteiger partial charge in [0, 0.05) is 13.1 Å². The predicted molar refractivity (Wildman–Crippen MR) is 115 cm³/mol. The number of hydrogen-bond donors (Lipinski definition) is 1. The van der Waals surface area contributed by atoms with Gasteiger partial charge in [-0.2, -0.15) is 0 Å². The van der Waals surface area contributed by atoms with E-state index >= 15 is 0 Å². The minimum absolute atomic E-state index is 0.187. The maximum atomic E-state index is 13.1.